The second-order valence-electron chi connectivity index (χ2n) is 5.95. The van der Waals surface area contributed by atoms with Gasteiger partial charge in [-0.05, 0) is 36.2 Å². The van der Waals surface area contributed by atoms with Gasteiger partial charge in [0.05, 0.1) is 17.6 Å². The van der Waals surface area contributed by atoms with Crippen molar-refractivity contribution in [1.29, 1.82) is 0 Å². The van der Waals surface area contributed by atoms with Gasteiger partial charge in [-0.3, -0.25) is 5.10 Å². The minimum Gasteiger partial charge on any atom is -0.282 e. The van der Waals surface area contributed by atoms with Crippen LogP contribution in [0.4, 0.5) is 0 Å². The molecular weight excluding hydrogens is 296 g/mol. The van der Waals surface area contributed by atoms with Crippen LogP contribution in [0.1, 0.15) is 16.8 Å². The maximum absolute atomic E-state index is 4.42. The predicted octanol–water partition coefficient (Wildman–Crippen LogP) is 4.16. The lowest BCUT2D eigenvalue weighted by atomic mass is 10.1. The van der Waals surface area contributed by atoms with Crippen LogP contribution in [0.3, 0.4) is 0 Å². The first-order chi connectivity index (χ1) is 11.8. The fourth-order valence-electron chi connectivity index (χ4n) is 2.79. The molecule has 0 fully saturated rings. The molecule has 0 unspecified atom stereocenters. The van der Waals surface area contributed by atoms with Crippen molar-refractivity contribution in [2.75, 3.05) is 0 Å². The van der Waals surface area contributed by atoms with Gasteiger partial charge in [0.1, 0.15) is 0 Å². The van der Waals surface area contributed by atoms with E-state index in [-0.39, 0.29) is 0 Å². The molecule has 0 bridgehead atoms. The van der Waals surface area contributed by atoms with Crippen LogP contribution in [0.15, 0.2) is 73.1 Å². The van der Waals surface area contributed by atoms with E-state index in [1.54, 1.807) is 0 Å². The van der Waals surface area contributed by atoms with Crippen molar-refractivity contribution in [3.05, 3.63) is 89.9 Å². The van der Waals surface area contributed by atoms with Crippen LogP contribution >= 0.6 is 0 Å². The number of benzene rings is 2. The molecule has 4 nitrogen and oxygen atoms in total. The molecule has 0 aliphatic heterocycles. The quantitative estimate of drug-likeness (QED) is 0.615. The Morgan fingerprint density at radius 2 is 1.88 bits per heavy atom. The van der Waals surface area contributed by atoms with E-state index in [1.807, 2.05) is 42.2 Å². The molecule has 2 heterocycles. The average molecular weight is 314 g/mol. The summed E-state index contributed by atoms with van der Waals surface area (Å²) in [7, 11) is 0. The van der Waals surface area contributed by atoms with Gasteiger partial charge in [-0.2, -0.15) is 10.2 Å². The van der Waals surface area contributed by atoms with E-state index in [0.717, 1.165) is 34.6 Å². The number of rotatable bonds is 4. The van der Waals surface area contributed by atoms with Crippen LogP contribution < -0.4 is 0 Å². The van der Waals surface area contributed by atoms with Crippen molar-refractivity contribution in [3.8, 4) is 16.9 Å². The van der Waals surface area contributed by atoms with Gasteiger partial charge in [0.15, 0.2) is 0 Å². The Morgan fingerprint density at radius 3 is 2.67 bits per heavy atom. The highest BCUT2D eigenvalue weighted by Crippen LogP contribution is 2.19. The molecule has 0 atom stereocenters. The molecular formula is C20H18N4. The Bertz CT molecular complexity index is 950. The molecule has 0 aliphatic rings. The minimum absolute atomic E-state index is 0.813. The molecule has 0 radical (unpaired) electrons. The van der Waals surface area contributed by atoms with Crippen LogP contribution in [0, 0.1) is 6.92 Å². The number of aromatic amines is 1. The number of nitrogens with one attached hydrogen (secondary N) is 1. The molecule has 2 aromatic carbocycles. The molecule has 24 heavy (non-hydrogen) atoms. The Kier molecular flexibility index (Phi) is 3.71. The van der Waals surface area contributed by atoms with E-state index >= 15 is 0 Å². The van der Waals surface area contributed by atoms with E-state index < -0.39 is 0 Å². The fraction of sp³-hybridized carbons (Fsp3) is 0.100. The number of H-pyrrole nitrogens is 1. The lowest BCUT2D eigenvalue weighted by Crippen LogP contribution is -1.96. The van der Waals surface area contributed by atoms with Crippen LogP contribution in [0.5, 0.6) is 0 Å². The van der Waals surface area contributed by atoms with Crippen LogP contribution in [-0.2, 0) is 6.42 Å². The summed E-state index contributed by atoms with van der Waals surface area (Å²) in [5.74, 6) is 0. The largest absolute Gasteiger partial charge is 0.282 e. The molecule has 0 saturated heterocycles. The average Bonchev–Trinajstić information content (AvgIpc) is 3.25. The second kappa shape index (κ2) is 6.16. The third-order valence-corrected chi connectivity index (χ3v) is 3.98. The number of aromatic nitrogens is 4. The number of hydrogen-bond donors (Lipinski definition) is 1. The maximum Gasteiger partial charge on any atom is 0.0923 e. The first-order valence-corrected chi connectivity index (χ1v) is 7.98. The van der Waals surface area contributed by atoms with Gasteiger partial charge < -0.3 is 0 Å². The topological polar surface area (TPSA) is 46.5 Å². The van der Waals surface area contributed by atoms with Crippen LogP contribution in [-0.4, -0.2) is 20.0 Å². The molecule has 0 amide bonds. The number of nitrogens with zero attached hydrogens (tertiary/aromatic N) is 3. The lowest BCUT2D eigenvalue weighted by molar-refractivity contribution is 0.876. The summed E-state index contributed by atoms with van der Waals surface area (Å²) >= 11 is 0. The lowest BCUT2D eigenvalue weighted by Gasteiger charge is -2.04. The molecule has 118 valence electrons. The van der Waals surface area contributed by atoms with Crippen molar-refractivity contribution in [2.45, 2.75) is 13.3 Å². The normalized spacial score (nSPS) is 10.9. The summed E-state index contributed by atoms with van der Waals surface area (Å²) in [5, 5.41) is 11.9. The highest BCUT2D eigenvalue weighted by atomic mass is 15.3. The minimum atomic E-state index is 0.813. The summed E-state index contributed by atoms with van der Waals surface area (Å²) in [5.41, 5.74) is 6.65. The number of aryl methyl sites for hydroxylation is 1. The van der Waals surface area contributed by atoms with Gasteiger partial charge in [0.2, 0.25) is 0 Å². The van der Waals surface area contributed by atoms with E-state index in [4.69, 9.17) is 0 Å². The summed E-state index contributed by atoms with van der Waals surface area (Å²) in [6.07, 6.45) is 4.71. The third kappa shape index (κ3) is 2.99. The standard InChI is InChI=1S/C20H18N4/c1-15-13-21-24(14-15)19-9-5-6-16(11-19)10-18-12-20(23-22-18)17-7-3-2-4-8-17/h2-9,11-14H,10H2,1H3,(H,22,23). The van der Waals surface area contributed by atoms with Gasteiger partial charge >= 0.3 is 0 Å². The van der Waals surface area contributed by atoms with E-state index in [0.29, 0.717) is 0 Å². The van der Waals surface area contributed by atoms with E-state index in [2.05, 4.69) is 57.8 Å². The van der Waals surface area contributed by atoms with Crippen molar-refractivity contribution < 1.29 is 0 Å². The van der Waals surface area contributed by atoms with Crippen molar-refractivity contribution >= 4 is 0 Å². The SMILES string of the molecule is Cc1cnn(-c2cccc(Cc3cc(-c4ccccc4)n[nH]3)c2)c1. The van der Waals surface area contributed by atoms with E-state index in [9.17, 15) is 0 Å². The Hall–Kier alpha value is -3.14. The molecule has 2 aromatic heterocycles. The molecule has 4 aromatic rings. The zero-order valence-electron chi connectivity index (χ0n) is 13.5. The monoisotopic (exact) mass is 314 g/mol. The third-order valence-electron chi connectivity index (χ3n) is 3.98. The number of hydrogen-bond acceptors (Lipinski definition) is 2. The first kappa shape index (κ1) is 14.5. The molecule has 0 spiro atoms. The Morgan fingerprint density at radius 1 is 1.00 bits per heavy atom. The summed E-state index contributed by atoms with van der Waals surface area (Å²) < 4.78 is 1.90. The van der Waals surface area contributed by atoms with Crippen molar-refractivity contribution in [3.63, 3.8) is 0 Å². The fourth-order valence-corrected chi connectivity index (χ4v) is 2.79. The first-order valence-electron chi connectivity index (χ1n) is 7.98. The van der Waals surface area contributed by atoms with Crippen molar-refractivity contribution in [1.82, 2.24) is 20.0 Å². The molecule has 0 saturated carbocycles. The zero-order valence-corrected chi connectivity index (χ0v) is 13.5. The summed E-state index contributed by atoms with van der Waals surface area (Å²) in [6, 6.07) is 20.7. The van der Waals surface area contributed by atoms with Gasteiger partial charge in [-0.15, -0.1) is 0 Å². The molecule has 4 heteroatoms. The Balaban J connectivity index is 1.57. The van der Waals surface area contributed by atoms with Gasteiger partial charge in [0, 0.05) is 23.9 Å². The predicted molar refractivity (Wildman–Crippen MR) is 95.1 cm³/mol. The zero-order chi connectivity index (χ0) is 16.4. The molecule has 4 rings (SSSR count). The Labute approximate surface area is 140 Å². The van der Waals surface area contributed by atoms with Crippen molar-refractivity contribution in [2.24, 2.45) is 0 Å². The highest BCUT2D eigenvalue weighted by Gasteiger charge is 2.06. The summed E-state index contributed by atoms with van der Waals surface area (Å²) in [4.78, 5) is 0. The molecule has 0 aliphatic carbocycles. The maximum atomic E-state index is 4.42. The summed E-state index contributed by atoms with van der Waals surface area (Å²) in [6.45, 7) is 2.04. The second-order valence-corrected chi connectivity index (χ2v) is 5.95. The van der Waals surface area contributed by atoms with Crippen LogP contribution in [0.2, 0.25) is 0 Å². The highest BCUT2D eigenvalue weighted by molar-refractivity contribution is 5.59. The molecule has 1 N–H and O–H groups in total. The van der Waals surface area contributed by atoms with Crippen LogP contribution in [0.25, 0.3) is 16.9 Å². The van der Waals surface area contributed by atoms with Gasteiger partial charge in [-0.25, -0.2) is 4.68 Å². The van der Waals surface area contributed by atoms with Gasteiger partial charge in [0.25, 0.3) is 0 Å². The van der Waals surface area contributed by atoms with Gasteiger partial charge in [-0.1, -0.05) is 42.5 Å². The van der Waals surface area contributed by atoms with E-state index in [1.165, 1.54) is 5.56 Å². The smallest absolute Gasteiger partial charge is 0.0923 e.